The Hall–Kier alpha value is -3.16. The van der Waals surface area contributed by atoms with Gasteiger partial charge in [-0.15, -0.1) is 0 Å². The summed E-state index contributed by atoms with van der Waals surface area (Å²) in [6, 6.07) is 8.67. The minimum atomic E-state index is -4.53. The number of nitrogens with two attached hydrogens (primary N) is 1. The van der Waals surface area contributed by atoms with Gasteiger partial charge in [-0.05, 0) is 23.6 Å². The lowest BCUT2D eigenvalue weighted by Crippen LogP contribution is -2.24. The van der Waals surface area contributed by atoms with Gasteiger partial charge in [0.25, 0.3) is 5.91 Å². The van der Waals surface area contributed by atoms with Crippen molar-refractivity contribution in [2.24, 2.45) is 0 Å². The van der Waals surface area contributed by atoms with Crippen LogP contribution in [-0.4, -0.2) is 15.9 Å². The van der Waals surface area contributed by atoms with Crippen LogP contribution in [0.3, 0.4) is 0 Å². The summed E-state index contributed by atoms with van der Waals surface area (Å²) in [7, 11) is 0. The maximum atomic E-state index is 13.1. The lowest BCUT2D eigenvalue weighted by Gasteiger charge is -2.12. The number of nitrogens with zero attached hydrogens (tertiary/aromatic N) is 2. The summed E-state index contributed by atoms with van der Waals surface area (Å²) < 4.78 is 39.3. The third-order valence-electron chi connectivity index (χ3n) is 3.61. The molecule has 0 spiro atoms. The number of anilines is 1. The summed E-state index contributed by atoms with van der Waals surface area (Å²) in [6.07, 6.45) is -2.18. The number of rotatable bonds is 3. The number of hydrogen-bond donors (Lipinski definition) is 2. The largest absolute Gasteiger partial charge is 0.417 e. The molecular weight excluding hydrogens is 333 g/mol. The van der Waals surface area contributed by atoms with E-state index in [-0.39, 0.29) is 22.9 Å². The van der Waals surface area contributed by atoms with Crippen LogP contribution in [0.25, 0.3) is 10.8 Å². The second kappa shape index (κ2) is 6.39. The van der Waals surface area contributed by atoms with E-state index in [1.807, 2.05) is 0 Å². The molecule has 0 aliphatic carbocycles. The van der Waals surface area contributed by atoms with Crippen molar-refractivity contribution in [2.45, 2.75) is 12.7 Å². The Kier molecular flexibility index (Phi) is 4.26. The van der Waals surface area contributed by atoms with Crippen molar-refractivity contribution in [3.05, 3.63) is 65.6 Å². The van der Waals surface area contributed by atoms with Crippen molar-refractivity contribution in [3.8, 4) is 0 Å². The zero-order chi connectivity index (χ0) is 18.0. The van der Waals surface area contributed by atoms with Crippen molar-refractivity contribution in [2.75, 3.05) is 5.73 Å². The Morgan fingerprint density at radius 2 is 1.84 bits per heavy atom. The molecule has 3 aromatic rings. The van der Waals surface area contributed by atoms with Gasteiger partial charge in [0.15, 0.2) is 0 Å². The smallest absolute Gasteiger partial charge is 0.384 e. The van der Waals surface area contributed by atoms with Gasteiger partial charge in [-0.3, -0.25) is 9.78 Å². The number of aromatic nitrogens is 2. The highest BCUT2D eigenvalue weighted by atomic mass is 19.4. The minimum Gasteiger partial charge on any atom is -0.384 e. The van der Waals surface area contributed by atoms with E-state index in [4.69, 9.17) is 5.73 Å². The predicted molar refractivity (Wildman–Crippen MR) is 86.6 cm³/mol. The zero-order valence-corrected chi connectivity index (χ0v) is 12.8. The molecule has 8 heteroatoms. The van der Waals surface area contributed by atoms with Crippen LogP contribution in [0.2, 0.25) is 0 Å². The number of alkyl halides is 3. The Morgan fingerprint density at radius 3 is 2.56 bits per heavy atom. The molecule has 2 aromatic heterocycles. The van der Waals surface area contributed by atoms with E-state index < -0.39 is 17.6 Å². The molecule has 25 heavy (non-hydrogen) atoms. The van der Waals surface area contributed by atoms with E-state index in [9.17, 15) is 18.0 Å². The molecule has 2 heterocycles. The maximum Gasteiger partial charge on any atom is 0.417 e. The van der Waals surface area contributed by atoms with Crippen LogP contribution in [0.4, 0.5) is 19.0 Å². The van der Waals surface area contributed by atoms with Crippen molar-refractivity contribution < 1.29 is 18.0 Å². The van der Waals surface area contributed by atoms with Gasteiger partial charge in [0.05, 0.1) is 23.4 Å². The highest BCUT2D eigenvalue weighted by Crippen LogP contribution is 2.35. The molecule has 0 saturated carbocycles. The second-order valence-corrected chi connectivity index (χ2v) is 5.32. The molecule has 0 radical (unpaired) electrons. The summed E-state index contributed by atoms with van der Waals surface area (Å²) in [5.74, 6) is -0.227. The van der Waals surface area contributed by atoms with Crippen LogP contribution in [0.5, 0.6) is 0 Å². The summed E-state index contributed by atoms with van der Waals surface area (Å²) in [5.41, 5.74) is 5.34. The van der Waals surface area contributed by atoms with Crippen LogP contribution in [0.15, 0.2) is 48.8 Å². The average molecular weight is 346 g/mol. The van der Waals surface area contributed by atoms with E-state index >= 15 is 0 Å². The topological polar surface area (TPSA) is 80.9 Å². The molecule has 3 N–H and O–H groups in total. The summed E-state index contributed by atoms with van der Waals surface area (Å²) in [5, 5.41) is 2.68. The molecule has 1 amide bonds. The molecule has 1 aromatic carbocycles. The van der Waals surface area contributed by atoms with Crippen molar-refractivity contribution in [1.29, 1.82) is 0 Å². The van der Waals surface area contributed by atoms with E-state index in [1.54, 1.807) is 18.2 Å². The van der Waals surface area contributed by atoms with E-state index in [0.29, 0.717) is 11.5 Å². The van der Waals surface area contributed by atoms with Crippen molar-refractivity contribution in [1.82, 2.24) is 15.3 Å². The maximum absolute atomic E-state index is 13.1. The molecule has 0 bridgehead atoms. The Morgan fingerprint density at radius 1 is 1.08 bits per heavy atom. The number of carbonyl (C=O) groups is 1. The fourth-order valence-electron chi connectivity index (χ4n) is 2.49. The summed E-state index contributed by atoms with van der Waals surface area (Å²) >= 11 is 0. The van der Waals surface area contributed by atoms with Gasteiger partial charge in [-0.25, -0.2) is 4.98 Å². The van der Waals surface area contributed by atoms with Crippen molar-refractivity contribution >= 4 is 22.5 Å². The molecule has 0 saturated heterocycles. The zero-order valence-electron chi connectivity index (χ0n) is 12.8. The van der Waals surface area contributed by atoms with Crippen LogP contribution in [0.1, 0.15) is 21.6 Å². The van der Waals surface area contributed by atoms with Gasteiger partial charge in [-0.1, -0.05) is 18.2 Å². The number of hydrogen-bond acceptors (Lipinski definition) is 4. The number of nitrogen functional groups attached to an aromatic ring is 1. The minimum absolute atomic E-state index is 0.0625. The number of nitrogens with one attached hydrogen (secondary N) is 1. The molecular formula is C17H13F3N4O. The summed E-state index contributed by atoms with van der Waals surface area (Å²) in [6.45, 7) is 0.0965. The van der Waals surface area contributed by atoms with E-state index in [2.05, 4.69) is 15.3 Å². The monoisotopic (exact) mass is 346 g/mol. The number of amides is 1. The fourth-order valence-corrected chi connectivity index (χ4v) is 2.49. The molecule has 0 fully saturated rings. The highest BCUT2D eigenvalue weighted by Gasteiger charge is 2.32. The number of pyridine rings is 2. The van der Waals surface area contributed by atoms with E-state index in [1.165, 1.54) is 18.3 Å². The van der Waals surface area contributed by atoms with Gasteiger partial charge in [0.1, 0.15) is 5.82 Å². The first-order valence-corrected chi connectivity index (χ1v) is 7.30. The SMILES string of the molecule is Nc1cccc(CNC(=O)c2cncc3c(C(F)(F)F)cccc23)n1. The second-order valence-electron chi connectivity index (χ2n) is 5.32. The van der Waals surface area contributed by atoms with Gasteiger partial charge < -0.3 is 11.1 Å². The van der Waals surface area contributed by atoms with Crippen LogP contribution < -0.4 is 11.1 Å². The molecule has 3 rings (SSSR count). The third-order valence-corrected chi connectivity index (χ3v) is 3.61. The standard InChI is InChI=1S/C17H13F3N4O/c18-17(19,20)14-5-2-4-11-12(14)8-22-9-13(11)16(25)23-7-10-3-1-6-15(21)24-10/h1-6,8-9H,7H2,(H2,21,24)(H,23,25). The van der Waals surface area contributed by atoms with Crippen LogP contribution >= 0.6 is 0 Å². The first kappa shape index (κ1) is 16.7. The molecule has 128 valence electrons. The molecule has 0 aliphatic heterocycles. The third kappa shape index (κ3) is 3.52. The normalized spacial score (nSPS) is 11.5. The van der Waals surface area contributed by atoms with Gasteiger partial charge in [0.2, 0.25) is 0 Å². The van der Waals surface area contributed by atoms with Gasteiger partial charge in [-0.2, -0.15) is 13.2 Å². The quantitative estimate of drug-likeness (QED) is 0.763. The van der Waals surface area contributed by atoms with Gasteiger partial charge >= 0.3 is 6.18 Å². The molecule has 5 nitrogen and oxygen atoms in total. The predicted octanol–water partition coefficient (Wildman–Crippen LogP) is 3.16. The molecule has 0 atom stereocenters. The number of benzene rings is 1. The Balaban J connectivity index is 1.92. The number of fused-ring (bicyclic) bond motifs is 1. The van der Waals surface area contributed by atoms with Crippen LogP contribution in [-0.2, 0) is 12.7 Å². The van der Waals surface area contributed by atoms with Crippen molar-refractivity contribution in [3.63, 3.8) is 0 Å². The lowest BCUT2D eigenvalue weighted by atomic mass is 10.0. The molecule has 0 aliphatic rings. The first-order valence-electron chi connectivity index (χ1n) is 7.30. The Labute approximate surface area is 140 Å². The fraction of sp³-hybridized carbons (Fsp3) is 0.118. The van der Waals surface area contributed by atoms with Crippen LogP contribution in [0, 0.1) is 0 Å². The molecule has 0 unspecified atom stereocenters. The summed E-state index contributed by atoms with van der Waals surface area (Å²) in [4.78, 5) is 20.2. The van der Waals surface area contributed by atoms with Gasteiger partial charge in [0, 0.05) is 17.8 Å². The first-order chi connectivity index (χ1) is 11.9. The lowest BCUT2D eigenvalue weighted by molar-refractivity contribution is -0.136. The average Bonchev–Trinajstić information content (AvgIpc) is 2.58. The van der Waals surface area contributed by atoms with E-state index in [0.717, 1.165) is 12.3 Å². The Bertz CT molecular complexity index is 941. The highest BCUT2D eigenvalue weighted by molar-refractivity contribution is 6.07. The number of halogens is 3. The number of carbonyl (C=O) groups excluding carboxylic acids is 1.